The third-order valence-corrected chi connectivity index (χ3v) is 3.49. The Morgan fingerprint density at radius 3 is 2.70 bits per heavy atom. The van der Waals surface area contributed by atoms with Crippen molar-refractivity contribution in [3.8, 4) is 0 Å². The number of nitro benzene ring substituents is 1. The number of nitrogens with one attached hydrogen (secondary N) is 2. The van der Waals surface area contributed by atoms with E-state index in [1.165, 1.54) is 12.1 Å². The lowest BCUT2D eigenvalue weighted by molar-refractivity contribution is -0.384. The number of piperidine rings is 1. The Hall–Kier alpha value is -1.95. The van der Waals surface area contributed by atoms with E-state index in [9.17, 15) is 14.9 Å². The predicted molar refractivity (Wildman–Crippen MR) is 75.5 cm³/mol. The molecule has 1 heterocycles. The summed E-state index contributed by atoms with van der Waals surface area (Å²) in [4.78, 5) is 22.0. The lowest BCUT2D eigenvalue weighted by atomic mass is 10.0. The minimum Gasteiger partial charge on any atom is -0.354 e. The van der Waals surface area contributed by atoms with Gasteiger partial charge in [-0.3, -0.25) is 14.9 Å². The molecule has 1 atom stereocenters. The maximum absolute atomic E-state index is 11.9. The van der Waals surface area contributed by atoms with E-state index in [0.29, 0.717) is 13.0 Å². The van der Waals surface area contributed by atoms with Crippen LogP contribution in [0.5, 0.6) is 0 Å². The monoisotopic (exact) mass is 277 g/mol. The smallest absolute Gasteiger partial charge is 0.269 e. The van der Waals surface area contributed by atoms with Crippen LogP contribution in [-0.2, 0) is 11.2 Å². The average molecular weight is 277 g/mol. The fourth-order valence-electron chi connectivity index (χ4n) is 2.31. The highest BCUT2D eigenvalue weighted by molar-refractivity contribution is 5.81. The first kappa shape index (κ1) is 14.5. The van der Waals surface area contributed by atoms with E-state index < -0.39 is 4.92 Å². The standard InChI is InChI=1S/C14H19N3O3/c18-14(13-3-1-2-9-15-13)16-10-8-11-4-6-12(7-5-11)17(19)20/h4-7,13,15H,1-3,8-10H2,(H,16,18)/t13-/m1/s1. The molecule has 0 radical (unpaired) electrons. The van der Waals surface area contributed by atoms with Gasteiger partial charge in [0.2, 0.25) is 5.91 Å². The number of hydrogen-bond donors (Lipinski definition) is 2. The SMILES string of the molecule is O=C(NCCc1ccc([N+](=O)[O-])cc1)[C@H]1CCCCN1. The minimum absolute atomic E-state index is 0.0478. The lowest BCUT2D eigenvalue weighted by Crippen LogP contribution is -2.47. The molecular formula is C14H19N3O3. The van der Waals surface area contributed by atoms with Crippen molar-refractivity contribution >= 4 is 11.6 Å². The summed E-state index contributed by atoms with van der Waals surface area (Å²) in [6.07, 6.45) is 3.79. The number of carbonyl (C=O) groups is 1. The van der Waals surface area contributed by atoms with Crippen molar-refractivity contribution in [3.63, 3.8) is 0 Å². The summed E-state index contributed by atoms with van der Waals surface area (Å²) >= 11 is 0. The molecule has 0 unspecified atom stereocenters. The summed E-state index contributed by atoms with van der Waals surface area (Å²) in [5.74, 6) is 0.0478. The van der Waals surface area contributed by atoms with E-state index in [-0.39, 0.29) is 17.6 Å². The molecule has 20 heavy (non-hydrogen) atoms. The molecule has 1 aromatic carbocycles. The second-order valence-corrected chi connectivity index (χ2v) is 4.97. The molecule has 1 saturated heterocycles. The molecule has 0 saturated carbocycles. The maximum atomic E-state index is 11.9. The molecule has 6 heteroatoms. The molecule has 0 bridgehead atoms. The van der Waals surface area contributed by atoms with Crippen molar-refractivity contribution in [2.75, 3.05) is 13.1 Å². The largest absolute Gasteiger partial charge is 0.354 e. The molecule has 0 aliphatic carbocycles. The van der Waals surface area contributed by atoms with Crippen molar-refractivity contribution in [1.82, 2.24) is 10.6 Å². The minimum atomic E-state index is -0.416. The second-order valence-electron chi connectivity index (χ2n) is 4.97. The van der Waals surface area contributed by atoms with E-state index in [1.807, 2.05) is 0 Å². The Kier molecular flexibility index (Phi) is 5.06. The molecule has 1 aliphatic heterocycles. The molecule has 1 aromatic rings. The highest BCUT2D eigenvalue weighted by Gasteiger charge is 2.19. The Bertz CT molecular complexity index is 467. The van der Waals surface area contributed by atoms with Gasteiger partial charge in [-0.1, -0.05) is 18.6 Å². The van der Waals surface area contributed by atoms with Gasteiger partial charge in [-0.15, -0.1) is 0 Å². The molecule has 0 aromatic heterocycles. The van der Waals surface area contributed by atoms with Gasteiger partial charge in [0.15, 0.2) is 0 Å². The zero-order chi connectivity index (χ0) is 14.4. The fourth-order valence-corrected chi connectivity index (χ4v) is 2.31. The van der Waals surface area contributed by atoms with Gasteiger partial charge in [0.25, 0.3) is 5.69 Å². The van der Waals surface area contributed by atoms with Gasteiger partial charge in [0.05, 0.1) is 11.0 Å². The topological polar surface area (TPSA) is 84.3 Å². The summed E-state index contributed by atoms with van der Waals surface area (Å²) in [5, 5.41) is 16.6. The van der Waals surface area contributed by atoms with Gasteiger partial charge in [0.1, 0.15) is 0 Å². The molecule has 0 spiro atoms. The first-order valence-electron chi connectivity index (χ1n) is 6.91. The zero-order valence-electron chi connectivity index (χ0n) is 11.3. The average Bonchev–Trinajstić information content (AvgIpc) is 2.48. The number of rotatable bonds is 5. The summed E-state index contributed by atoms with van der Waals surface area (Å²) in [7, 11) is 0. The van der Waals surface area contributed by atoms with Gasteiger partial charge in [-0.2, -0.15) is 0 Å². The predicted octanol–water partition coefficient (Wildman–Crippen LogP) is 1.40. The molecule has 108 valence electrons. The van der Waals surface area contributed by atoms with Crippen LogP contribution in [0.3, 0.4) is 0 Å². The lowest BCUT2D eigenvalue weighted by Gasteiger charge is -2.22. The van der Waals surface area contributed by atoms with Crippen molar-refractivity contribution in [2.45, 2.75) is 31.7 Å². The Morgan fingerprint density at radius 1 is 1.35 bits per heavy atom. The summed E-state index contributed by atoms with van der Waals surface area (Å²) in [5.41, 5.74) is 1.07. The first-order chi connectivity index (χ1) is 9.66. The summed E-state index contributed by atoms with van der Waals surface area (Å²) < 4.78 is 0. The third kappa shape index (κ3) is 4.03. The van der Waals surface area contributed by atoms with E-state index in [1.54, 1.807) is 12.1 Å². The number of amides is 1. The number of non-ortho nitro benzene ring substituents is 1. The highest BCUT2D eigenvalue weighted by Crippen LogP contribution is 2.12. The van der Waals surface area contributed by atoms with Gasteiger partial charge in [0, 0.05) is 18.7 Å². The van der Waals surface area contributed by atoms with Crippen molar-refractivity contribution in [2.24, 2.45) is 0 Å². The van der Waals surface area contributed by atoms with Crippen LogP contribution in [0.15, 0.2) is 24.3 Å². The second kappa shape index (κ2) is 7.00. The highest BCUT2D eigenvalue weighted by atomic mass is 16.6. The molecular weight excluding hydrogens is 258 g/mol. The van der Waals surface area contributed by atoms with Crippen LogP contribution in [0.4, 0.5) is 5.69 Å². The number of nitro groups is 1. The van der Waals surface area contributed by atoms with E-state index >= 15 is 0 Å². The molecule has 1 fully saturated rings. The van der Waals surface area contributed by atoms with E-state index in [0.717, 1.165) is 31.4 Å². The van der Waals surface area contributed by atoms with Crippen molar-refractivity contribution in [3.05, 3.63) is 39.9 Å². The van der Waals surface area contributed by atoms with E-state index in [4.69, 9.17) is 0 Å². The maximum Gasteiger partial charge on any atom is 0.269 e. The van der Waals surface area contributed by atoms with Crippen LogP contribution in [0.2, 0.25) is 0 Å². The van der Waals surface area contributed by atoms with Crippen LogP contribution in [0.25, 0.3) is 0 Å². The molecule has 2 rings (SSSR count). The number of benzene rings is 1. The van der Waals surface area contributed by atoms with Crippen LogP contribution < -0.4 is 10.6 Å². The Labute approximate surface area is 117 Å². The van der Waals surface area contributed by atoms with Gasteiger partial charge >= 0.3 is 0 Å². The van der Waals surface area contributed by atoms with Crippen molar-refractivity contribution in [1.29, 1.82) is 0 Å². The molecule has 2 N–H and O–H groups in total. The van der Waals surface area contributed by atoms with Gasteiger partial charge < -0.3 is 10.6 Å². The van der Waals surface area contributed by atoms with Crippen LogP contribution in [0.1, 0.15) is 24.8 Å². The van der Waals surface area contributed by atoms with Gasteiger partial charge in [-0.25, -0.2) is 0 Å². The Morgan fingerprint density at radius 2 is 2.10 bits per heavy atom. The number of carbonyl (C=O) groups excluding carboxylic acids is 1. The molecule has 1 aliphatic rings. The fraction of sp³-hybridized carbons (Fsp3) is 0.500. The molecule has 1 amide bonds. The summed E-state index contributed by atoms with van der Waals surface area (Å²) in [6.45, 7) is 1.45. The van der Waals surface area contributed by atoms with Crippen LogP contribution in [0, 0.1) is 10.1 Å². The zero-order valence-corrected chi connectivity index (χ0v) is 11.3. The van der Waals surface area contributed by atoms with E-state index in [2.05, 4.69) is 10.6 Å². The van der Waals surface area contributed by atoms with Gasteiger partial charge in [-0.05, 0) is 31.4 Å². The quantitative estimate of drug-likeness (QED) is 0.629. The van der Waals surface area contributed by atoms with Crippen molar-refractivity contribution < 1.29 is 9.72 Å². The Balaban J connectivity index is 1.74. The third-order valence-electron chi connectivity index (χ3n) is 3.49. The normalized spacial score (nSPS) is 18.5. The summed E-state index contributed by atoms with van der Waals surface area (Å²) in [6, 6.07) is 6.35. The molecule has 6 nitrogen and oxygen atoms in total. The first-order valence-corrected chi connectivity index (χ1v) is 6.91. The van der Waals surface area contributed by atoms with Crippen LogP contribution in [-0.4, -0.2) is 30.0 Å². The number of nitrogens with zero attached hydrogens (tertiary/aromatic N) is 1. The number of hydrogen-bond acceptors (Lipinski definition) is 4. The van der Waals surface area contributed by atoms with Crippen LogP contribution >= 0.6 is 0 Å².